The molecule has 0 atom stereocenters. The molecule has 2 aromatic rings. The number of aromatic nitrogens is 2. The first kappa shape index (κ1) is 14.8. The maximum atomic E-state index is 12.3. The molecular weight excluding hydrogens is 294 g/mol. The van der Waals surface area contributed by atoms with Gasteiger partial charge in [0.05, 0.1) is 5.69 Å². The van der Waals surface area contributed by atoms with Crippen molar-refractivity contribution in [3.63, 3.8) is 0 Å². The smallest absolute Gasteiger partial charge is 0.274 e. The van der Waals surface area contributed by atoms with Crippen molar-refractivity contribution in [1.29, 1.82) is 0 Å². The summed E-state index contributed by atoms with van der Waals surface area (Å²) in [6.07, 6.45) is 2.09. The van der Waals surface area contributed by atoms with Crippen molar-refractivity contribution >= 4 is 29.2 Å². The third-order valence-electron chi connectivity index (χ3n) is 3.32. The quantitative estimate of drug-likeness (QED) is 0.938. The van der Waals surface area contributed by atoms with Gasteiger partial charge in [-0.3, -0.25) is 14.9 Å². The largest absolute Gasteiger partial charge is 0.289 e. The third-order valence-corrected chi connectivity index (χ3v) is 3.32. The van der Waals surface area contributed by atoms with Gasteiger partial charge in [0.2, 0.25) is 11.9 Å². The van der Waals surface area contributed by atoms with E-state index in [2.05, 4.69) is 20.4 Å². The molecular formula is C16H15N5O2. The minimum atomic E-state index is -0.399. The topological polar surface area (TPSA) is 87.5 Å². The van der Waals surface area contributed by atoms with Crippen LogP contribution in [0.1, 0.15) is 18.5 Å². The zero-order valence-electron chi connectivity index (χ0n) is 12.6. The highest BCUT2D eigenvalue weighted by Gasteiger charge is 2.25. The Morgan fingerprint density at radius 3 is 2.70 bits per heavy atom. The minimum absolute atomic E-state index is 0.139. The van der Waals surface area contributed by atoms with Gasteiger partial charge in [-0.15, -0.1) is 0 Å². The van der Waals surface area contributed by atoms with Crippen molar-refractivity contribution in [3.8, 4) is 0 Å². The summed E-state index contributed by atoms with van der Waals surface area (Å²) >= 11 is 0. The fourth-order valence-electron chi connectivity index (χ4n) is 2.17. The van der Waals surface area contributed by atoms with Crippen LogP contribution < -0.4 is 10.3 Å². The number of nitrogens with zero attached hydrogens (tertiary/aromatic N) is 4. The minimum Gasteiger partial charge on any atom is -0.289 e. The molecule has 7 nitrogen and oxygen atoms in total. The number of carbonyl (C=O) groups is 2. The molecule has 0 saturated heterocycles. The van der Waals surface area contributed by atoms with Crippen LogP contribution in [0.4, 0.5) is 11.6 Å². The Labute approximate surface area is 133 Å². The maximum absolute atomic E-state index is 12.3. The van der Waals surface area contributed by atoms with Gasteiger partial charge >= 0.3 is 0 Å². The monoisotopic (exact) mass is 309 g/mol. The van der Waals surface area contributed by atoms with Crippen molar-refractivity contribution in [2.45, 2.75) is 19.8 Å². The van der Waals surface area contributed by atoms with Crippen LogP contribution in [-0.4, -0.2) is 27.5 Å². The van der Waals surface area contributed by atoms with Crippen molar-refractivity contribution < 1.29 is 9.59 Å². The Morgan fingerprint density at radius 1 is 1.17 bits per heavy atom. The predicted molar refractivity (Wildman–Crippen MR) is 86.0 cm³/mol. The van der Waals surface area contributed by atoms with E-state index in [1.807, 2.05) is 25.1 Å². The molecule has 23 heavy (non-hydrogen) atoms. The second-order valence-corrected chi connectivity index (χ2v) is 5.06. The van der Waals surface area contributed by atoms with Crippen LogP contribution >= 0.6 is 0 Å². The van der Waals surface area contributed by atoms with Gasteiger partial charge in [0.25, 0.3) is 5.91 Å². The van der Waals surface area contributed by atoms with Crippen LogP contribution in [0, 0.1) is 6.92 Å². The maximum Gasteiger partial charge on any atom is 0.274 e. The van der Waals surface area contributed by atoms with E-state index in [9.17, 15) is 9.59 Å². The molecule has 0 bridgehead atoms. The summed E-state index contributed by atoms with van der Waals surface area (Å²) in [6.45, 7) is 1.81. The molecule has 1 aromatic heterocycles. The van der Waals surface area contributed by atoms with Crippen LogP contribution in [0.2, 0.25) is 0 Å². The lowest BCUT2D eigenvalue weighted by Gasteiger charge is -2.22. The highest BCUT2D eigenvalue weighted by molar-refractivity contribution is 6.44. The van der Waals surface area contributed by atoms with Gasteiger partial charge in [-0.1, -0.05) is 18.2 Å². The molecule has 1 aromatic carbocycles. The number of nitrogens with one attached hydrogen (secondary N) is 1. The molecule has 0 spiro atoms. The highest BCUT2D eigenvalue weighted by Crippen LogP contribution is 2.20. The Hall–Kier alpha value is -3.09. The summed E-state index contributed by atoms with van der Waals surface area (Å²) in [4.78, 5) is 32.4. The molecule has 0 radical (unpaired) electrons. The van der Waals surface area contributed by atoms with E-state index in [0.717, 1.165) is 5.69 Å². The molecule has 116 valence electrons. The van der Waals surface area contributed by atoms with Crippen LogP contribution in [0.5, 0.6) is 0 Å². The number of carbonyl (C=O) groups excluding carboxylic acids is 2. The van der Waals surface area contributed by atoms with Crippen LogP contribution in [0.15, 0.2) is 47.7 Å². The van der Waals surface area contributed by atoms with E-state index in [0.29, 0.717) is 12.1 Å². The number of anilines is 2. The lowest BCUT2D eigenvalue weighted by atomic mass is 10.1. The van der Waals surface area contributed by atoms with Gasteiger partial charge < -0.3 is 0 Å². The SMILES string of the molecule is Cc1ccnc(NC(=O)C2=NN(c3ccccc3)C(=O)CC2)n1. The number of benzene rings is 1. The standard InChI is InChI=1S/C16H15N5O2/c1-11-9-10-17-16(18-11)19-15(23)13-7-8-14(22)21(20-13)12-5-3-2-4-6-12/h2-6,9-10H,7-8H2,1H3,(H,17,18,19,23). The molecule has 3 rings (SSSR count). The average molecular weight is 309 g/mol. The predicted octanol–water partition coefficient (Wildman–Crippen LogP) is 1.91. The van der Waals surface area contributed by atoms with E-state index < -0.39 is 5.91 Å². The number of amides is 2. The molecule has 1 aliphatic rings. The molecule has 2 heterocycles. The van der Waals surface area contributed by atoms with Crippen LogP contribution in [0.25, 0.3) is 0 Å². The summed E-state index contributed by atoms with van der Waals surface area (Å²) in [5.41, 5.74) is 1.66. The molecule has 7 heteroatoms. The first-order valence-electron chi connectivity index (χ1n) is 7.20. The van der Waals surface area contributed by atoms with Gasteiger partial charge in [0.15, 0.2) is 0 Å². The lowest BCUT2D eigenvalue weighted by molar-refractivity contribution is -0.118. The second-order valence-electron chi connectivity index (χ2n) is 5.06. The van der Waals surface area contributed by atoms with Crippen LogP contribution in [-0.2, 0) is 9.59 Å². The molecule has 1 N–H and O–H groups in total. The number of hydrogen-bond donors (Lipinski definition) is 1. The average Bonchev–Trinajstić information content (AvgIpc) is 2.56. The van der Waals surface area contributed by atoms with E-state index in [4.69, 9.17) is 0 Å². The van der Waals surface area contributed by atoms with Gasteiger partial charge in [-0.05, 0) is 25.1 Å². The number of hydrazone groups is 1. The fraction of sp³-hybridized carbons (Fsp3) is 0.188. The van der Waals surface area contributed by atoms with Crippen molar-refractivity contribution in [1.82, 2.24) is 9.97 Å². The highest BCUT2D eigenvalue weighted by atomic mass is 16.2. The summed E-state index contributed by atoms with van der Waals surface area (Å²) in [5, 5.41) is 8.05. The lowest BCUT2D eigenvalue weighted by Crippen LogP contribution is -2.36. The Kier molecular flexibility index (Phi) is 4.09. The zero-order valence-corrected chi connectivity index (χ0v) is 12.6. The Morgan fingerprint density at radius 2 is 1.96 bits per heavy atom. The van der Waals surface area contributed by atoms with Gasteiger partial charge in [-0.25, -0.2) is 15.0 Å². The molecule has 1 aliphatic heterocycles. The van der Waals surface area contributed by atoms with E-state index in [-0.39, 0.29) is 24.0 Å². The van der Waals surface area contributed by atoms with E-state index in [1.54, 1.807) is 24.4 Å². The zero-order chi connectivity index (χ0) is 16.2. The number of para-hydroxylation sites is 1. The third kappa shape index (κ3) is 3.39. The van der Waals surface area contributed by atoms with Crippen LogP contribution in [0.3, 0.4) is 0 Å². The number of hydrogen-bond acceptors (Lipinski definition) is 5. The van der Waals surface area contributed by atoms with Crippen molar-refractivity contribution in [3.05, 3.63) is 48.3 Å². The summed E-state index contributed by atoms with van der Waals surface area (Å²) in [5.74, 6) is -0.315. The summed E-state index contributed by atoms with van der Waals surface area (Å²) in [7, 11) is 0. The summed E-state index contributed by atoms with van der Waals surface area (Å²) in [6, 6.07) is 10.8. The fourth-order valence-corrected chi connectivity index (χ4v) is 2.17. The summed E-state index contributed by atoms with van der Waals surface area (Å²) < 4.78 is 0. The Bertz CT molecular complexity index is 773. The first-order chi connectivity index (χ1) is 11.1. The molecule has 0 aliphatic carbocycles. The van der Waals surface area contributed by atoms with E-state index >= 15 is 0 Å². The van der Waals surface area contributed by atoms with E-state index in [1.165, 1.54) is 5.01 Å². The molecule has 0 fully saturated rings. The number of aryl methyl sites for hydroxylation is 1. The number of rotatable bonds is 3. The van der Waals surface area contributed by atoms with Gasteiger partial charge in [-0.2, -0.15) is 5.10 Å². The van der Waals surface area contributed by atoms with Gasteiger partial charge in [0, 0.05) is 24.7 Å². The Balaban J connectivity index is 1.81. The molecule has 0 unspecified atom stereocenters. The molecule has 2 amide bonds. The second kappa shape index (κ2) is 6.35. The van der Waals surface area contributed by atoms with Crippen molar-refractivity contribution in [2.24, 2.45) is 5.10 Å². The normalized spacial score (nSPS) is 14.4. The molecule has 0 saturated carbocycles. The first-order valence-corrected chi connectivity index (χ1v) is 7.20. The van der Waals surface area contributed by atoms with Gasteiger partial charge in [0.1, 0.15) is 5.71 Å². The van der Waals surface area contributed by atoms with Crippen molar-refractivity contribution in [2.75, 3.05) is 10.3 Å².